The van der Waals surface area contributed by atoms with Gasteiger partial charge in [0.15, 0.2) is 0 Å². The summed E-state index contributed by atoms with van der Waals surface area (Å²) in [5.74, 6) is 0.420. The second-order valence-electron chi connectivity index (χ2n) is 6.33. The van der Waals surface area contributed by atoms with E-state index in [4.69, 9.17) is 0 Å². The third kappa shape index (κ3) is 2.31. The summed E-state index contributed by atoms with van der Waals surface area (Å²) < 4.78 is 0. The second kappa shape index (κ2) is 5.55. The van der Waals surface area contributed by atoms with Crippen LogP contribution in [0.1, 0.15) is 40.7 Å². The summed E-state index contributed by atoms with van der Waals surface area (Å²) >= 11 is 0. The van der Waals surface area contributed by atoms with Gasteiger partial charge in [0.05, 0.1) is 0 Å². The van der Waals surface area contributed by atoms with Crippen LogP contribution in [0, 0.1) is 6.92 Å². The Morgan fingerprint density at radius 3 is 2.04 bits per heavy atom. The number of allylic oxidation sites excluding steroid dienone is 1. The quantitative estimate of drug-likeness (QED) is 0.538. The molecule has 0 nitrogen and oxygen atoms in total. The first-order chi connectivity index (χ1) is 11.3. The number of aryl methyl sites for hydroxylation is 1. The molecule has 112 valence electrons. The lowest BCUT2D eigenvalue weighted by Crippen LogP contribution is -1.93. The van der Waals surface area contributed by atoms with Gasteiger partial charge in [-0.2, -0.15) is 0 Å². The fourth-order valence-corrected chi connectivity index (χ4v) is 3.66. The van der Waals surface area contributed by atoms with Gasteiger partial charge < -0.3 is 0 Å². The second-order valence-corrected chi connectivity index (χ2v) is 6.33. The van der Waals surface area contributed by atoms with Crippen LogP contribution in [0.5, 0.6) is 0 Å². The molecule has 0 fully saturated rings. The van der Waals surface area contributed by atoms with Crippen LogP contribution < -0.4 is 0 Å². The van der Waals surface area contributed by atoms with Crippen LogP contribution in [0.2, 0.25) is 0 Å². The van der Waals surface area contributed by atoms with Crippen LogP contribution in [-0.2, 0) is 0 Å². The third-order valence-electron chi connectivity index (χ3n) is 4.82. The van der Waals surface area contributed by atoms with Crippen molar-refractivity contribution in [2.45, 2.75) is 19.8 Å². The summed E-state index contributed by atoms with van der Waals surface area (Å²) in [5.41, 5.74) is 9.58. The van der Waals surface area contributed by atoms with E-state index in [0.29, 0.717) is 5.92 Å². The zero-order valence-electron chi connectivity index (χ0n) is 13.6. The highest BCUT2D eigenvalue weighted by molar-refractivity contribution is 6.05. The van der Waals surface area contributed by atoms with Gasteiger partial charge in [0.2, 0.25) is 0 Å². The number of rotatable bonds is 2. The molecule has 3 aromatic rings. The van der Waals surface area contributed by atoms with Gasteiger partial charge >= 0.3 is 0 Å². The van der Waals surface area contributed by atoms with Gasteiger partial charge in [-0.3, -0.25) is 0 Å². The molecule has 0 heterocycles. The van der Waals surface area contributed by atoms with E-state index in [-0.39, 0.29) is 0 Å². The third-order valence-corrected chi connectivity index (χ3v) is 4.82. The molecule has 0 heteroatoms. The van der Waals surface area contributed by atoms with Crippen LogP contribution >= 0.6 is 0 Å². The van der Waals surface area contributed by atoms with Crippen molar-refractivity contribution >= 4 is 11.1 Å². The summed E-state index contributed by atoms with van der Waals surface area (Å²) in [6.45, 7) is 4.47. The van der Waals surface area contributed by atoms with Crippen molar-refractivity contribution in [1.29, 1.82) is 0 Å². The Morgan fingerprint density at radius 1 is 0.652 bits per heavy atom. The topological polar surface area (TPSA) is 0 Å². The van der Waals surface area contributed by atoms with Crippen LogP contribution in [0.3, 0.4) is 0 Å². The molecule has 1 aliphatic carbocycles. The highest BCUT2D eigenvalue weighted by Crippen LogP contribution is 2.49. The van der Waals surface area contributed by atoms with Crippen LogP contribution in [0.25, 0.3) is 11.1 Å². The van der Waals surface area contributed by atoms with Crippen molar-refractivity contribution in [3.63, 3.8) is 0 Å². The largest absolute Gasteiger partial charge is 0.0622 e. The smallest absolute Gasteiger partial charge is 0.00794 e. The maximum Gasteiger partial charge on any atom is 0.00794 e. The van der Waals surface area contributed by atoms with E-state index in [1.807, 2.05) is 0 Å². The molecule has 23 heavy (non-hydrogen) atoms. The fourth-order valence-electron chi connectivity index (χ4n) is 3.66. The van der Waals surface area contributed by atoms with Gasteiger partial charge in [0.1, 0.15) is 0 Å². The number of benzene rings is 3. The standard InChI is InChI=1S/C23H20/c1-16-12-14-19(15-13-16)22-17(2)20-10-6-7-11-21(20)23(22)18-8-4-3-5-9-18/h3-15,17H,1-2H3. The number of hydrogen-bond acceptors (Lipinski definition) is 0. The van der Waals surface area contributed by atoms with Gasteiger partial charge in [0.25, 0.3) is 0 Å². The lowest BCUT2D eigenvalue weighted by atomic mass is 9.90. The monoisotopic (exact) mass is 296 g/mol. The maximum atomic E-state index is 2.32. The van der Waals surface area contributed by atoms with Crippen molar-refractivity contribution in [2.75, 3.05) is 0 Å². The van der Waals surface area contributed by atoms with Gasteiger partial charge in [-0.25, -0.2) is 0 Å². The summed E-state index contributed by atoms with van der Waals surface area (Å²) in [5, 5.41) is 0. The molecule has 3 aromatic carbocycles. The Labute approximate surface area is 138 Å². The number of fused-ring (bicyclic) bond motifs is 1. The zero-order chi connectivity index (χ0) is 15.8. The molecule has 0 saturated heterocycles. The first kappa shape index (κ1) is 14.0. The van der Waals surface area contributed by atoms with E-state index in [1.165, 1.54) is 39.0 Å². The van der Waals surface area contributed by atoms with Crippen molar-refractivity contribution in [3.05, 3.63) is 107 Å². The zero-order valence-corrected chi connectivity index (χ0v) is 13.6. The predicted octanol–water partition coefficient (Wildman–Crippen LogP) is 6.07. The minimum Gasteiger partial charge on any atom is -0.0622 e. The van der Waals surface area contributed by atoms with Gasteiger partial charge in [0, 0.05) is 5.92 Å². The molecular weight excluding hydrogens is 276 g/mol. The molecule has 0 radical (unpaired) electrons. The summed E-state index contributed by atoms with van der Waals surface area (Å²) in [7, 11) is 0. The lowest BCUT2D eigenvalue weighted by Gasteiger charge is -2.13. The van der Waals surface area contributed by atoms with E-state index < -0.39 is 0 Å². The normalized spacial score (nSPS) is 16.5. The minimum atomic E-state index is 0.420. The average Bonchev–Trinajstić information content (AvgIpc) is 2.90. The Hall–Kier alpha value is -2.60. The Bertz CT molecular complexity index is 867. The van der Waals surface area contributed by atoms with Gasteiger partial charge in [-0.15, -0.1) is 0 Å². The molecule has 1 aliphatic rings. The first-order valence-electron chi connectivity index (χ1n) is 8.21. The molecule has 0 aliphatic heterocycles. The molecular formula is C23H20. The molecule has 0 aromatic heterocycles. The molecule has 4 rings (SSSR count). The average molecular weight is 296 g/mol. The highest BCUT2D eigenvalue weighted by Gasteiger charge is 2.29. The maximum absolute atomic E-state index is 2.32. The molecule has 0 spiro atoms. The first-order valence-corrected chi connectivity index (χ1v) is 8.21. The Morgan fingerprint density at radius 2 is 1.30 bits per heavy atom. The molecule has 1 unspecified atom stereocenters. The van der Waals surface area contributed by atoms with Crippen molar-refractivity contribution in [1.82, 2.24) is 0 Å². The van der Waals surface area contributed by atoms with E-state index in [1.54, 1.807) is 0 Å². The molecule has 1 atom stereocenters. The molecule has 0 saturated carbocycles. The highest BCUT2D eigenvalue weighted by atomic mass is 14.3. The fraction of sp³-hybridized carbons (Fsp3) is 0.130. The van der Waals surface area contributed by atoms with Gasteiger partial charge in [-0.1, -0.05) is 91.3 Å². The van der Waals surface area contributed by atoms with E-state index in [9.17, 15) is 0 Å². The Balaban J connectivity index is 2.00. The summed E-state index contributed by atoms with van der Waals surface area (Å²) in [4.78, 5) is 0. The van der Waals surface area contributed by atoms with Crippen LogP contribution in [0.4, 0.5) is 0 Å². The lowest BCUT2D eigenvalue weighted by molar-refractivity contribution is 1.01. The van der Waals surface area contributed by atoms with Crippen LogP contribution in [0.15, 0.2) is 78.9 Å². The number of hydrogen-bond donors (Lipinski definition) is 0. The molecule has 0 bridgehead atoms. The van der Waals surface area contributed by atoms with Crippen molar-refractivity contribution < 1.29 is 0 Å². The van der Waals surface area contributed by atoms with E-state index in [0.717, 1.165) is 0 Å². The van der Waals surface area contributed by atoms with E-state index >= 15 is 0 Å². The summed E-state index contributed by atoms with van der Waals surface area (Å²) in [6.07, 6.45) is 0. The van der Waals surface area contributed by atoms with E-state index in [2.05, 4.69) is 92.7 Å². The molecule has 0 N–H and O–H groups in total. The molecule has 0 amide bonds. The predicted molar refractivity (Wildman–Crippen MR) is 98.4 cm³/mol. The van der Waals surface area contributed by atoms with Crippen molar-refractivity contribution in [2.24, 2.45) is 0 Å². The summed E-state index contributed by atoms with van der Waals surface area (Å²) in [6, 6.07) is 28.5. The SMILES string of the molecule is Cc1ccc(C2=C(c3ccccc3)c3ccccc3C2C)cc1. The van der Waals surface area contributed by atoms with Gasteiger partial charge in [-0.05, 0) is 40.3 Å². The van der Waals surface area contributed by atoms with Crippen LogP contribution in [-0.4, -0.2) is 0 Å². The van der Waals surface area contributed by atoms with Crippen molar-refractivity contribution in [3.8, 4) is 0 Å². The minimum absolute atomic E-state index is 0.420. The Kier molecular flexibility index (Phi) is 3.38.